The molecule has 0 aromatic heterocycles. The number of carbonyl (C=O) groups is 1. The molecule has 1 fully saturated rings. The zero-order valence-corrected chi connectivity index (χ0v) is 11.7. The van der Waals surface area contributed by atoms with Gasteiger partial charge in [0.2, 0.25) is 5.91 Å². The number of nitrogens with zero attached hydrogens (tertiary/aromatic N) is 1. The number of carbonyl (C=O) groups excluding carboxylic acids is 1. The molecule has 0 aromatic carbocycles. The van der Waals surface area contributed by atoms with E-state index < -0.39 is 16.0 Å². The third kappa shape index (κ3) is 4.07. The lowest BCUT2D eigenvalue weighted by Gasteiger charge is -2.25. The van der Waals surface area contributed by atoms with Crippen LogP contribution >= 0.6 is 0 Å². The first-order valence-electron chi connectivity index (χ1n) is 6.46. The van der Waals surface area contributed by atoms with Crippen molar-refractivity contribution in [2.45, 2.75) is 50.0 Å². The van der Waals surface area contributed by atoms with Crippen LogP contribution < -0.4 is 5.73 Å². The summed E-state index contributed by atoms with van der Waals surface area (Å²) in [5.41, 5.74) is 5.50. The van der Waals surface area contributed by atoms with Crippen LogP contribution in [0, 0.1) is 0 Å². The summed E-state index contributed by atoms with van der Waals surface area (Å²) in [7, 11) is -1.16. The average molecular weight is 260 g/mol. The molecule has 4 nitrogen and oxygen atoms in total. The maximum absolute atomic E-state index is 12.2. The summed E-state index contributed by atoms with van der Waals surface area (Å²) in [6.07, 6.45) is 4.52. The second-order valence-electron chi connectivity index (χ2n) is 4.76. The maximum Gasteiger partial charge on any atom is 0.238 e. The van der Waals surface area contributed by atoms with Gasteiger partial charge in [0, 0.05) is 35.7 Å². The third-order valence-corrected chi connectivity index (χ3v) is 5.23. The summed E-state index contributed by atoms with van der Waals surface area (Å²) in [5, 5.41) is -0.535. The first-order valence-corrected chi connectivity index (χ1v) is 7.73. The highest BCUT2D eigenvalue weighted by Gasteiger charge is 2.28. The SMILES string of the molecule is CC(CN)S(=O)C(C)C(=O)N1CCCCCC1. The zero-order chi connectivity index (χ0) is 12.8. The van der Waals surface area contributed by atoms with Crippen molar-refractivity contribution in [1.82, 2.24) is 4.90 Å². The third-order valence-electron chi connectivity index (χ3n) is 3.34. The van der Waals surface area contributed by atoms with Crippen molar-refractivity contribution in [3.63, 3.8) is 0 Å². The number of nitrogens with two attached hydrogens (primary N) is 1. The second kappa shape index (κ2) is 7.11. The first-order chi connectivity index (χ1) is 8.07. The van der Waals surface area contributed by atoms with E-state index in [2.05, 4.69) is 0 Å². The van der Waals surface area contributed by atoms with E-state index in [-0.39, 0.29) is 11.2 Å². The van der Waals surface area contributed by atoms with E-state index in [9.17, 15) is 9.00 Å². The molecular weight excluding hydrogens is 236 g/mol. The molecule has 3 unspecified atom stereocenters. The molecule has 5 heteroatoms. The van der Waals surface area contributed by atoms with Crippen LogP contribution in [0.25, 0.3) is 0 Å². The molecule has 2 N–H and O–H groups in total. The Hall–Kier alpha value is -0.420. The van der Waals surface area contributed by atoms with Crippen molar-refractivity contribution < 1.29 is 9.00 Å². The lowest BCUT2D eigenvalue weighted by Crippen LogP contribution is -2.43. The predicted molar refractivity (Wildman–Crippen MR) is 71.2 cm³/mol. The van der Waals surface area contributed by atoms with Crippen LogP contribution in [-0.2, 0) is 15.6 Å². The van der Waals surface area contributed by atoms with E-state index in [1.54, 1.807) is 6.92 Å². The Balaban J connectivity index is 2.58. The van der Waals surface area contributed by atoms with Gasteiger partial charge in [-0.15, -0.1) is 0 Å². The van der Waals surface area contributed by atoms with Gasteiger partial charge in [0.15, 0.2) is 0 Å². The van der Waals surface area contributed by atoms with Crippen molar-refractivity contribution in [2.24, 2.45) is 5.73 Å². The van der Waals surface area contributed by atoms with Gasteiger partial charge < -0.3 is 10.6 Å². The van der Waals surface area contributed by atoms with Crippen LogP contribution in [0.15, 0.2) is 0 Å². The van der Waals surface area contributed by atoms with E-state index in [1.165, 1.54) is 12.8 Å². The fourth-order valence-electron chi connectivity index (χ4n) is 2.09. The van der Waals surface area contributed by atoms with Crippen LogP contribution in [0.5, 0.6) is 0 Å². The van der Waals surface area contributed by atoms with E-state index in [0.717, 1.165) is 25.9 Å². The Bertz CT molecular complexity index is 276. The highest BCUT2D eigenvalue weighted by atomic mass is 32.2. The summed E-state index contributed by atoms with van der Waals surface area (Å²) in [6, 6.07) is 0. The lowest BCUT2D eigenvalue weighted by atomic mass is 10.2. The van der Waals surface area contributed by atoms with Crippen molar-refractivity contribution in [2.75, 3.05) is 19.6 Å². The van der Waals surface area contributed by atoms with Crippen molar-refractivity contribution in [3.05, 3.63) is 0 Å². The number of rotatable bonds is 4. The molecule has 3 atom stereocenters. The van der Waals surface area contributed by atoms with E-state index in [0.29, 0.717) is 6.54 Å². The van der Waals surface area contributed by atoms with Gasteiger partial charge in [0.25, 0.3) is 0 Å². The monoisotopic (exact) mass is 260 g/mol. The standard InChI is InChI=1S/C12H24N2O2S/c1-10(9-13)17(16)11(2)12(15)14-7-5-3-4-6-8-14/h10-11H,3-9,13H2,1-2H3. The van der Waals surface area contributed by atoms with Crippen LogP contribution in [-0.4, -0.2) is 45.2 Å². The normalized spacial score (nSPS) is 22.6. The van der Waals surface area contributed by atoms with E-state index >= 15 is 0 Å². The van der Waals surface area contributed by atoms with Crippen LogP contribution in [0.1, 0.15) is 39.5 Å². The molecule has 1 rings (SSSR count). The highest BCUT2D eigenvalue weighted by molar-refractivity contribution is 7.87. The van der Waals surface area contributed by atoms with E-state index in [1.807, 2.05) is 11.8 Å². The molecule has 1 heterocycles. The second-order valence-corrected chi connectivity index (χ2v) is 6.93. The number of amides is 1. The van der Waals surface area contributed by atoms with Crippen LogP contribution in [0.2, 0.25) is 0 Å². The molecule has 0 radical (unpaired) electrons. The molecule has 0 aliphatic carbocycles. The van der Waals surface area contributed by atoms with Crippen LogP contribution in [0.3, 0.4) is 0 Å². The molecule has 0 spiro atoms. The van der Waals surface area contributed by atoms with Gasteiger partial charge in [-0.1, -0.05) is 12.8 Å². The molecule has 1 saturated heterocycles. The van der Waals surface area contributed by atoms with Gasteiger partial charge in [0.1, 0.15) is 5.25 Å². The molecule has 0 aromatic rings. The van der Waals surface area contributed by atoms with Crippen molar-refractivity contribution in [1.29, 1.82) is 0 Å². The maximum atomic E-state index is 12.2. The summed E-state index contributed by atoms with van der Waals surface area (Å²) in [4.78, 5) is 14.1. The van der Waals surface area contributed by atoms with Gasteiger partial charge in [-0.2, -0.15) is 0 Å². The summed E-state index contributed by atoms with van der Waals surface area (Å²) in [6.45, 7) is 5.59. The van der Waals surface area contributed by atoms with E-state index in [4.69, 9.17) is 5.73 Å². The predicted octanol–water partition coefficient (Wildman–Crippen LogP) is 0.873. The zero-order valence-electron chi connectivity index (χ0n) is 10.9. The minimum absolute atomic E-state index is 0.0329. The largest absolute Gasteiger partial charge is 0.342 e. The summed E-state index contributed by atoms with van der Waals surface area (Å²) in [5.74, 6) is 0.0329. The van der Waals surface area contributed by atoms with Gasteiger partial charge in [0.05, 0.1) is 0 Å². The fraction of sp³-hybridized carbons (Fsp3) is 0.917. The quantitative estimate of drug-likeness (QED) is 0.816. The minimum Gasteiger partial charge on any atom is -0.342 e. The summed E-state index contributed by atoms with van der Waals surface area (Å²) >= 11 is 0. The molecular formula is C12H24N2O2S. The van der Waals surface area contributed by atoms with Gasteiger partial charge in [-0.25, -0.2) is 0 Å². The molecule has 1 amide bonds. The Labute approximate surface area is 106 Å². The molecule has 17 heavy (non-hydrogen) atoms. The highest BCUT2D eigenvalue weighted by Crippen LogP contribution is 2.13. The molecule has 1 aliphatic rings. The number of hydrogen-bond donors (Lipinski definition) is 1. The van der Waals surface area contributed by atoms with Gasteiger partial charge in [-0.3, -0.25) is 9.00 Å². The Morgan fingerprint density at radius 1 is 1.24 bits per heavy atom. The molecule has 1 aliphatic heterocycles. The number of hydrogen-bond acceptors (Lipinski definition) is 3. The smallest absolute Gasteiger partial charge is 0.238 e. The lowest BCUT2D eigenvalue weighted by molar-refractivity contribution is -0.130. The molecule has 0 saturated carbocycles. The van der Waals surface area contributed by atoms with Crippen LogP contribution in [0.4, 0.5) is 0 Å². The topological polar surface area (TPSA) is 63.4 Å². The number of likely N-dealkylation sites (tertiary alicyclic amines) is 1. The van der Waals surface area contributed by atoms with Crippen molar-refractivity contribution >= 4 is 16.7 Å². The van der Waals surface area contributed by atoms with Gasteiger partial charge in [-0.05, 0) is 26.7 Å². The molecule has 100 valence electrons. The Kier molecular flexibility index (Phi) is 6.12. The average Bonchev–Trinajstić information content (AvgIpc) is 2.63. The molecule has 0 bridgehead atoms. The minimum atomic E-state index is -1.16. The Morgan fingerprint density at radius 3 is 2.24 bits per heavy atom. The first kappa shape index (κ1) is 14.6. The van der Waals surface area contributed by atoms with Gasteiger partial charge >= 0.3 is 0 Å². The Morgan fingerprint density at radius 2 is 1.76 bits per heavy atom. The summed E-state index contributed by atoms with van der Waals surface area (Å²) < 4.78 is 12.0. The van der Waals surface area contributed by atoms with Crippen molar-refractivity contribution in [3.8, 4) is 0 Å². The fourth-order valence-corrected chi connectivity index (χ4v) is 3.33.